The molecule has 0 aliphatic rings. The van der Waals surface area contributed by atoms with E-state index in [4.69, 9.17) is 4.74 Å². The van der Waals surface area contributed by atoms with Gasteiger partial charge in [-0.1, -0.05) is 41.9 Å². The highest BCUT2D eigenvalue weighted by molar-refractivity contribution is 9.10. The number of carboxylic acid groups (broad SMARTS) is 1. The minimum absolute atomic E-state index is 0.120. The van der Waals surface area contributed by atoms with Crippen LogP contribution in [0.15, 0.2) is 53.0 Å². The third-order valence-corrected chi connectivity index (χ3v) is 4.20. The van der Waals surface area contributed by atoms with Crippen molar-refractivity contribution in [2.24, 2.45) is 5.92 Å². The quantitative estimate of drug-likeness (QED) is 0.649. The molecule has 5 heteroatoms. The van der Waals surface area contributed by atoms with Crippen LogP contribution < -0.4 is 9.84 Å². The van der Waals surface area contributed by atoms with Gasteiger partial charge in [-0.3, -0.25) is 0 Å². The van der Waals surface area contributed by atoms with E-state index in [1.807, 2.05) is 30.3 Å². The number of hydrogen-bond acceptors (Lipinski definition) is 4. The zero-order chi connectivity index (χ0) is 18.0. The molecule has 0 bridgehead atoms. The average molecular weight is 399 g/mol. The van der Waals surface area contributed by atoms with E-state index in [0.29, 0.717) is 29.1 Å². The number of aromatic nitrogens is 1. The van der Waals surface area contributed by atoms with E-state index in [-0.39, 0.29) is 5.56 Å². The lowest BCUT2D eigenvalue weighted by Gasteiger charge is -2.13. The fraction of sp³-hybridized carbons (Fsp3) is 0.200. The number of carbonyl (C=O) groups is 1. The first kappa shape index (κ1) is 17.4. The Bertz CT molecular complexity index is 937. The van der Waals surface area contributed by atoms with Crippen LogP contribution in [-0.2, 0) is 0 Å². The van der Waals surface area contributed by atoms with Gasteiger partial charge in [0.05, 0.1) is 23.8 Å². The monoisotopic (exact) mass is 398 g/mol. The first-order valence-corrected chi connectivity index (χ1v) is 8.78. The number of aromatic carboxylic acids is 1. The van der Waals surface area contributed by atoms with Crippen molar-refractivity contribution in [1.82, 2.24) is 4.98 Å². The molecule has 0 amide bonds. The second-order valence-electron chi connectivity index (χ2n) is 6.24. The summed E-state index contributed by atoms with van der Waals surface area (Å²) in [5.41, 5.74) is 2.10. The molecule has 1 aromatic heterocycles. The summed E-state index contributed by atoms with van der Waals surface area (Å²) in [6, 6.07) is 14.4. The summed E-state index contributed by atoms with van der Waals surface area (Å²) >= 11 is 3.36. The van der Waals surface area contributed by atoms with E-state index in [1.165, 1.54) is 0 Å². The number of pyridine rings is 1. The molecule has 4 nitrogen and oxygen atoms in total. The van der Waals surface area contributed by atoms with Crippen molar-refractivity contribution in [2.45, 2.75) is 13.8 Å². The van der Waals surface area contributed by atoms with Crippen LogP contribution in [0.3, 0.4) is 0 Å². The highest BCUT2D eigenvalue weighted by atomic mass is 79.9. The molecule has 0 radical (unpaired) electrons. The second-order valence-corrected chi connectivity index (χ2v) is 7.15. The highest BCUT2D eigenvalue weighted by Gasteiger charge is 2.10. The normalized spacial score (nSPS) is 11.0. The van der Waals surface area contributed by atoms with Crippen molar-refractivity contribution >= 4 is 32.8 Å². The smallest absolute Gasteiger partial charge is 0.119 e. The van der Waals surface area contributed by atoms with E-state index in [9.17, 15) is 9.90 Å². The largest absolute Gasteiger partial charge is 0.545 e. The van der Waals surface area contributed by atoms with Crippen LogP contribution in [0, 0.1) is 5.92 Å². The van der Waals surface area contributed by atoms with Gasteiger partial charge in [0.2, 0.25) is 0 Å². The van der Waals surface area contributed by atoms with Crippen molar-refractivity contribution in [3.63, 3.8) is 0 Å². The number of ether oxygens (including phenoxy) is 1. The lowest BCUT2D eigenvalue weighted by Crippen LogP contribution is -2.22. The molecular weight excluding hydrogens is 382 g/mol. The van der Waals surface area contributed by atoms with E-state index in [0.717, 1.165) is 15.8 Å². The van der Waals surface area contributed by atoms with Gasteiger partial charge in [-0.15, -0.1) is 0 Å². The molecule has 0 aliphatic carbocycles. The summed E-state index contributed by atoms with van der Waals surface area (Å²) < 4.78 is 6.54. The first-order valence-electron chi connectivity index (χ1n) is 7.99. The minimum Gasteiger partial charge on any atom is -0.545 e. The van der Waals surface area contributed by atoms with Crippen LogP contribution in [0.5, 0.6) is 5.75 Å². The van der Waals surface area contributed by atoms with Crippen molar-refractivity contribution < 1.29 is 14.6 Å². The van der Waals surface area contributed by atoms with Crippen LogP contribution in [0.1, 0.15) is 24.2 Å². The summed E-state index contributed by atoms with van der Waals surface area (Å²) in [5, 5.41) is 12.1. The summed E-state index contributed by atoms with van der Waals surface area (Å²) in [7, 11) is 0. The predicted molar refractivity (Wildman–Crippen MR) is 99.5 cm³/mol. The average Bonchev–Trinajstić information content (AvgIpc) is 2.59. The molecule has 0 aliphatic heterocycles. The Morgan fingerprint density at radius 2 is 2.00 bits per heavy atom. The van der Waals surface area contributed by atoms with Crippen molar-refractivity contribution in [3.8, 4) is 17.0 Å². The van der Waals surface area contributed by atoms with Gasteiger partial charge >= 0.3 is 0 Å². The molecule has 25 heavy (non-hydrogen) atoms. The molecule has 1 heterocycles. The SMILES string of the molecule is CC(C)COc1cccc(-c2cc(C(=O)[O-])c3cc(Br)ccc3n2)c1. The number of nitrogens with zero attached hydrogens (tertiary/aromatic N) is 1. The highest BCUT2D eigenvalue weighted by Crippen LogP contribution is 2.28. The van der Waals surface area contributed by atoms with Crippen molar-refractivity contribution in [1.29, 1.82) is 0 Å². The molecule has 2 aromatic carbocycles. The second kappa shape index (κ2) is 7.23. The van der Waals surface area contributed by atoms with Gasteiger partial charge < -0.3 is 14.6 Å². The summed E-state index contributed by atoms with van der Waals surface area (Å²) in [6.07, 6.45) is 0. The van der Waals surface area contributed by atoms with Crippen LogP contribution in [0.4, 0.5) is 0 Å². The third-order valence-electron chi connectivity index (χ3n) is 3.70. The molecule has 0 spiro atoms. The van der Waals surface area contributed by atoms with Crippen LogP contribution >= 0.6 is 15.9 Å². The minimum atomic E-state index is -1.22. The lowest BCUT2D eigenvalue weighted by molar-refractivity contribution is -0.254. The molecule has 128 valence electrons. The van der Waals surface area contributed by atoms with E-state index >= 15 is 0 Å². The summed E-state index contributed by atoms with van der Waals surface area (Å²) in [5.74, 6) is -0.0663. The standard InChI is InChI=1S/C20H18BrNO3/c1-12(2)11-25-15-5-3-4-13(8-15)19-10-17(20(23)24)16-9-14(21)6-7-18(16)22-19/h3-10,12H,11H2,1-2H3,(H,23,24)/p-1. The molecule has 3 rings (SSSR count). The Labute approximate surface area is 154 Å². The van der Waals surface area contributed by atoms with Gasteiger partial charge in [-0.2, -0.15) is 0 Å². The zero-order valence-corrected chi connectivity index (χ0v) is 15.5. The molecule has 3 aromatic rings. The Morgan fingerprint density at radius 3 is 2.72 bits per heavy atom. The number of benzene rings is 2. The van der Waals surface area contributed by atoms with Gasteiger partial charge in [-0.25, -0.2) is 4.98 Å². The number of rotatable bonds is 5. The number of halogens is 1. The van der Waals surface area contributed by atoms with E-state index < -0.39 is 5.97 Å². The maximum atomic E-state index is 11.6. The number of hydrogen-bond donors (Lipinski definition) is 0. The third kappa shape index (κ3) is 3.99. The van der Waals surface area contributed by atoms with Gasteiger partial charge in [0.1, 0.15) is 5.75 Å². The van der Waals surface area contributed by atoms with Crippen molar-refractivity contribution in [2.75, 3.05) is 6.61 Å². The molecule has 0 atom stereocenters. The van der Waals surface area contributed by atoms with Crippen LogP contribution in [0.2, 0.25) is 0 Å². The Balaban J connectivity index is 2.08. The van der Waals surface area contributed by atoms with Crippen LogP contribution in [0.25, 0.3) is 22.2 Å². The summed E-state index contributed by atoms with van der Waals surface area (Å²) in [4.78, 5) is 16.2. The van der Waals surface area contributed by atoms with Gasteiger partial charge in [0, 0.05) is 21.0 Å². The molecule has 0 fully saturated rings. The molecule has 0 unspecified atom stereocenters. The van der Waals surface area contributed by atoms with E-state index in [1.54, 1.807) is 18.2 Å². The molecule has 0 N–H and O–H groups in total. The first-order chi connectivity index (χ1) is 11.9. The van der Waals surface area contributed by atoms with Gasteiger partial charge in [0.25, 0.3) is 0 Å². The summed E-state index contributed by atoms with van der Waals surface area (Å²) in [6.45, 7) is 4.78. The molecular formula is C20H17BrNO3-. The Kier molecular flexibility index (Phi) is 5.04. The lowest BCUT2D eigenvalue weighted by atomic mass is 10.0. The molecule has 0 saturated heterocycles. The number of fused-ring (bicyclic) bond motifs is 1. The van der Waals surface area contributed by atoms with Gasteiger partial charge in [-0.05, 0) is 42.3 Å². The van der Waals surface area contributed by atoms with E-state index in [2.05, 4.69) is 34.8 Å². The van der Waals surface area contributed by atoms with Gasteiger partial charge in [0.15, 0.2) is 0 Å². The number of carbonyl (C=O) groups excluding carboxylic acids is 1. The maximum Gasteiger partial charge on any atom is 0.119 e. The fourth-order valence-corrected chi connectivity index (χ4v) is 2.88. The number of carboxylic acids is 1. The maximum absolute atomic E-state index is 11.6. The predicted octanol–water partition coefficient (Wildman–Crippen LogP) is 4.06. The topological polar surface area (TPSA) is 62.2 Å². The Hall–Kier alpha value is -2.40. The molecule has 0 saturated carbocycles. The fourth-order valence-electron chi connectivity index (χ4n) is 2.52. The van der Waals surface area contributed by atoms with Crippen molar-refractivity contribution in [3.05, 3.63) is 58.6 Å². The zero-order valence-electron chi connectivity index (χ0n) is 14.0. The van der Waals surface area contributed by atoms with Crippen LogP contribution in [-0.4, -0.2) is 17.6 Å². The Morgan fingerprint density at radius 1 is 1.20 bits per heavy atom.